The summed E-state index contributed by atoms with van der Waals surface area (Å²) < 4.78 is 29.8. The Morgan fingerprint density at radius 3 is 2.80 bits per heavy atom. The van der Waals surface area contributed by atoms with Gasteiger partial charge >= 0.3 is 0 Å². The van der Waals surface area contributed by atoms with E-state index in [-0.39, 0.29) is 0 Å². The third-order valence-corrected chi connectivity index (χ3v) is 3.52. The van der Waals surface area contributed by atoms with Gasteiger partial charge in [-0.15, -0.1) is 0 Å². The molecule has 0 radical (unpaired) electrons. The van der Waals surface area contributed by atoms with Gasteiger partial charge in [-0.2, -0.15) is 0 Å². The predicted octanol–water partition coefficient (Wildman–Crippen LogP) is 1.15. The molecular formula is C10H13NO3S. The van der Waals surface area contributed by atoms with Crippen molar-refractivity contribution in [3.05, 3.63) is 23.8 Å². The first-order valence-corrected chi connectivity index (χ1v) is 6.54. The zero-order valence-corrected chi connectivity index (χ0v) is 9.54. The summed E-state index contributed by atoms with van der Waals surface area (Å²) in [7, 11) is -3.20. The normalized spacial score (nSPS) is 15.7. The van der Waals surface area contributed by atoms with Crippen LogP contribution < -0.4 is 9.04 Å². The van der Waals surface area contributed by atoms with E-state index >= 15 is 0 Å². The molecule has 0 bridgehead atoms. The van der Waals surface area contributed by atoms with Crippen LogP contribution in [0.2, 0.25) is 0 Å². The fourth-order valence-corrected chi connectivity index (χ4v) is 2.55. The van der Waals surface area contributed by atoms with Gasteiger partial charge in [0.1, 0.15) is 12.4 Å². The average molecular weight is 227 g/mol. The molecule has 0 spiro atoms. The number of aryl methyl sites for hydroxylation is 1. The van der Waals surface area contributed by atoms with Crippen molar-refractivity contribution in [2.24, 2.45) is 0 Å². The van der Waals surface area contributed by atoms with Crippen LogP contribution in [0.4, 0.5) is 5.69 Å². The molecule has 15 heavy (non-hydrogen) atoms. The number of sulfonamides is 1. The number of hydrogen-bond acceptors (Lipinski definition) is 3. The lowest BCUT2D eigenvalue weighted by molar-refractivity contribution is 0.316. The highest BCUT2D eigenvalue weighted by atomic mass is 32.2. The van der Waals surface area contributed by atoms with Gasteiger partial charge < -0.3 is 4.74 Å². The number of anilines is 1. The molecule has 5 heteroatoms. The van der Waals surface area contributed by atoms with E-state index in [1.54, 1.807) is 0 Å². The second kappa shape index (κ2) is 3.41. The molecule has 0 saturated carbocycles. The van der Waals surface area contributed by atoms with Crippen LogP contribution in [0.15, 0.2) is 18.2 Å². The molecule has 1 aromatic carbocycles. The van der Waals surface area contributed by atoms with Gasteiger partial charge in [-0.3, -0.25) is 4.31 Å². The Bertz CT molecular complexity index is 481. The van der Waals surface area contributed by atoms with Crippen LogP contribution in [0.5, 0.6) is 5.75 Å². The molecule has 0 atom stereocenters. The molecule has 4 nitrogen and oxygen atoms in total. The van der Waals surface area contributed by atoms with E-state index in [1.165, 1.54) is 10.6 Å². The fraction of sp³-hybridized carbons (Fsp3) is 0.400. The summed E-state index contributed by atoms with van der Waals surface area (Å²) in [6.45, 7) is 2.72. The number of rotatable bonds is 1. The molecule has 2 rings (SSSR count). The van der Waals surface area contributed by atoms with Gasteiger partial charge in [0, 0.05) is 0 Å². The van der Waals surface area contributed by atoms with E-state index in [9.17, 15) is 8.42 Å². The zero-order chi connectivity index (χ0) is 11.1. The summed E-state index contributed by atoms with van der Waals surface area (Å²) in [5.41, 5.74) is 1.66. The Labute approximate surface area is 89.5 Å². The SMILES string of the molecule is Cc1ccc2c(c1)N(S(C)(=O)=O)CCO2. The van der Waals surface area contributed by atoms with Gasteiger partial charge in [0.15, 0.2) is 0 Å². The smallest absolute Gasteiger partial charge is 0.232 e. The summed E-state index contributed by atoms with van der Waals surface area (Å²) in [4.78, 5) is 0. The molecule has 0 aliphatic carbocycles. The minimum Gasteiger partial charge on any atom is -0.489 e. The zero-order valence-electron chi connectivity index (χ0n) is 8.73. The Balaban J connectivity index is 2.55. The first-order chi connectivity index (χ1) is 6.98. The molecule has 0 saturated heterocycles. The van der Waals surface area contributed by atoms with Crippen molar-refractivity contribution in [2.45, 2.75) is 6.92 Å². The van der Waals surface area contributed by atoms with Crippen LogP contribution >= 0.6 is 0 Å². The third kappa shape index (κ3) is 1.92. The molecule has 1 heterocycles. The third-order valence-electron chi connectivity index (χ3n) is 2.34. The van der Waals surface area contributed by atoms with Crippen molar-refractivity contribution in [1.29, 1.82) is 0 Å². The van der Waals surface area contributed by atoms with Gasteiger partial charge in [0.2, 0.25) is 10.0 Å². The van der Waals surface area contributed by atoms with Crippen LogP contribution in [0.3, 0.4) is 0 Å². The van der Waals surface area contributed by atoms with E-state index in [4.69, 9.17) is 4.74 Å². The first kappa shape index (κ1) is 10.3. The molecule has 0 aromatic heterocycles. The minimum atomic E-state index is -3.20. The second-order valence-electron chi connectivity index (χ2n) is 3.65. The largest absolute Gasteiger partial charge is 0.489 e. The van der Waals surface area contributed by atoms with E-state index in [2.05, 4.69) is 0 Å². The Hall–Kier alpha value is -1.23. The van der Waals surface area contributed by atoms with E-state index in [0.717, 1.165) is 5.56 Å². The molecule has 1 aliphatic heterocycles. The van der Waals surface area contributed by atoms with Gasteiger partial charge in [-0.1, -0.05) is 6.07 Å². The van der Waals surface area contributed by atoms with Crippen LogP contribution in [0, 0.1) is 6.92 Å². The first-order valence-electron chi connectivity index (χ1n) is 4.69. The van der Waals surface area contributed by atoms with Gasteiger partial charge in [0.05, 0.1) is 18.5 Å². The van der Waals surface area contributed by atoms with Gasteiger partial charge in [-0.25, -0.2) is 8.42 Å². The van der Waals surface area contributed by atoms with E-state index in [1.807, 2.05) is 25.1 Å². The highest BCUT2D eigenvalue weighted by molar-refractivity contribution is 7.92. The summed E-state index contributed by atoms with van der Waals surface area (Å²) in [5.74, 6) is 0.636. The van der Waals surface area contributed by atoms with Gasteiger partial charge in [-0.05, 0) is 24.6 Å². The summed E-state index contributed by atoms with van der Waals surface area (Å²) in [5, 5.41) is 0. The van der Waals surface area contributed by atoms with Crippen molar-refractivity contribution in [2.75, 3.05) is 23.7 Å². The molecule has 0 fully saturated rings. The minimum absolute atomic E-state index is 0.384. The lowest BCUT2D eigenvalue weighted by atomic mass is 10.2. The van der Waals surface area contributed by atoms with Gasteiger partial charge in [0.25, 0.3) is 0 Å². The van der Waals surface area contributed by atoms with E-state index in [0.29, 0.717) is 24.6 Å². The maximum atomic E-state index is 11.5. The predicted molar refractivity (Wildman–Crippen MR) is 58.9 cm³/mol. The average Bonchev–Trinajstić information content (AvgIpc) is 2.15. The summed E-state index contributed by atoms with van der Waals surface area (Å²) >= 11 is 0. The number of benzene rings is 1. The topological polar surface area (TPSA) is 46.6 Å². The number of hydrogen-bond donors (Lipinski definition) is 0. The molecule has 0 amide bonds. The highest BCUT2D eigenvalue weighted by Crippen LogP contribution is 2.33. The Morgan fingerprint density at radius 2 is 2.13 bits per heavy atom. The van der Waals surface area contributed by atoms with Crippen molar-refractivity contribution < 1.29 is 13.2 Å². The standard InChI is InChI=1S/C10H13NO3S/c1-8-3-4-10-9(7-8)11(5-6-14-10)15(2,12)13/h3-4,7H,5-6H2,1-2H3. The summed E-state index contributed by atoms with van der Waals surface area (Å²) in [6, 6.07) is 5.54. The maximum Gasteiger partial charge on any atom is 0.232 e. The number of ether oxygens (including phenoxy) is 1. The van der Waals surface area contributed by atoms with Crippen molar-refractivity contribution >= 4 is 15.7 Å². The summed E-state index contributed by atoms with van der Waals surface area (Å²) in [6.07, 6.45) is 1.21. The quantitative estimate of drug-likeness (QED) is 0.723. The van der Waals surface area contributed by atoms with Crippen LogP contribution in [0.1, 0.15) is 5.56 Å². The monoisotopic (exact) mass is 227 g/mol. The molecule has 82 valence electrons. The molecule has 0 unspecified atom stereocenters. The lowest BCUT2D eigenvalue weighted by Crippen LogP contribution is -2.37. The van der Waals surface area contributed by atoms with Crippen molar-refractivity contribution in [1.82, 2.24) is 0 Å². The highest BCUT2D eigenvalue weighted by Gasteiger charge is 2.24. The lowest BCUT2D eigenvalue weighted by Gasteiger charge is -2.29. The molecular weight excluding hydrogens is 214 g/mol. The molecule has 1 aromatic rings. The Morgan fingerprint density at radius 1 is 1.40 bits per heavy atom. The van der Waals surface area contributed by atoms with Crippen LogP contribution in [-0.4, -0.2) is 27.8 Å². The molecule has 1 aliphatic rings. The number of nitrogens with zero attached hydrogens (tertiary/aromatic N) is 1. The Kier molecular flexibility index (Phi) is 2.34. The van der Waals surface area contributed by atoms with Crippen molar-refractivity contribution in [3.63, 3.8) is 0 Å². The van der Waals surface area contributed by atoms with E-state index < -0.39 is 10.0 Å². The molecule has 0 N–H and O–H groups in total. The number of fused-ring (bicyclic) bond motifs is 1. The van der Waals surface area contributed by atoms with Crippen LogP contribution in [-0.2, 0) is 10.0 Å². The fourth-order valence-electron chi connectivity index (χ4n) is 1.65. The van der Waals surface area contributed by atoms with Crippen LogP contribution in [0.25, 0.3) is 0 Å². The maximum absolute atomic E-state index is 11.5. The van der Waals surface area contributed by atoms with Crippen molar-refractivity contribution in [3.8, 4) is 5.75 Å². The second-order valence-corrected chi connectivity index (χ2v) is 5.56.